The van der Waals surface area contributed by atoms with Gasteiger partial charge < -0.3 is 10.4 Å². The first kappa shape index (κ1) is 15.9. The lowest BCUT2D eigenvalue weighted by Crippen LogP contribution is -2.51. The van der Waals surface area contributed by atoms with E-state index in [9.17, 15) is 19.7 Å². The standard InChI is InChI=1S/C12H13ClN2O5/c1-3-12(2,11(17)18)14-10(16)8-6-7(15(19)20)4-5-9(8)13/h4-6H,3H2,1-2H3,(H,14,16)(H,17,18). The lowest BCUT2D eigenvalue weighted by molar-refractivity contribution is -0.384. The van der Waals surface area contributed by atoms with E-state index in [0.717, 1.165) is 12.1 Å². The molecule has 1 aromatic carbocycles. The van der Waals surface area contributed by atoms with Gasteiger partial charge in [-0.3, -0.25) is 14.9 Å². The molecular formula is C12H13ClN2O5. The van der Waals surface area contributed by atoms with E-state index >= 15 is 0 Å². The summed E-state index contributed by atoms with van der Waals surface area (Å²) in [5.41, 5.74) is -1.90. The fourth-order valence-corrected chi connectivity index (χ4v) is 1.62. The molecule has 0 spiro atoms. The number of carbonyl (C=O) groups excluding carboxylic acids is 1. The Morgan fingerprint density at radius 1 is 1.50 bits per heavy atom. The first-order valence-corrected chi connectivity index (χ1v) is 6.09. The molecule has 7 nitrogen and oxygen atoms in total. The van der Waals surface area contributed by atoms with Crippen LogP contribution in [0.4, 0.5) is 5.69 Å². The number of benzene rings is 1. The highest BCUT2D eigenvalue weighted by Gasteiger charge is 2.33. The third-order valence-corrected chi connectivity index (χ3v) is 3.30. The van der Waals surface area contributed by atoms with E-state index in [-0.39, 0.29) is 22.7 Å². The minimum absolute atomic E-state index is 0.0111. The minimum Gasteiger partial charge on any atom is -0.480 e. The van der Waals surface area contributed by atoms with Crippen molar-refractivity contribution in [2.75, 3.05) is 0 Å². The molecule has 0 saturated heterocycles. The molecule has 1 rings (SSSR count). The van der Waals surface area contributed by atoms with E-state index in [0.29, 0.717) is 0 Å². The molecule has 0 aliphatic heterocycles. The molecule has 1 unspecified atom stereocenters. The average Bonchev–Trinajstić information content (AvgIpc) is 2.38. The first-order valence-electron chi connectivity index (χ1n) is 5.71. The molecule has 0 aliphatic carbocycles. The molecule has 1 amide bonds. The van der Waals surface area contributed by atoms with Gasteiger partial charge in [0.15, 0.2) is 0 Å². The lowest BCUT2D eigenvalue weighted by Gasteiger charge is -2.24. The number of non-ortho nitro benzene ring substituents is 1. The summed E-state index contributed by atoms with van der Waals surface area (Å²) < 4.78 is 0. The molecular weight excluding hydrogens is 288 g/mol. The molecule has 2 N–H and O–H groups in total. The SMILES string of the molecule is CCC(C)(NC(=O)c1cc([N+](=O)[O-])ccc1Cl)C(=O)O. The predicted molar refractivity (Wildman–Crippen MR) is 71.9 cm³/mol. The summed E-state index contributed by atoms with van der Waals surface area (Å²) >= 11 is 5.82. The zero-order valence-electron chi connectivity index (χ0n) is 10.8. The Balaban J connectivity index is 3.12. The number of amides is 1. The summed E-state index contributed by atoms with van der Waals surface area (Å²) in [5, 5.41) is 22.1. The van der Waals surface area contributed by atoms with Gasteiger partial charge in [-0.2, -0.15) is 0 Å². The van der Waals surface area contributed by atoms with Crippen LogP contribution in [0.25, 0.3) is 0 Å². The van der Waals surface area contributed by atoms with Crippen LogP contribution < -0.4 is 5.32 Å². The van der Waals surface area contributed by atoms with Crippen LogP contribution in [0.5, 0.6) is 0 Å². The van der Waals surface area contributed by atoms with Gasteiger partial charge in [-0.25, -0.2) is 4.79 Å². The maximum Gasteiger partial charge on any atom is 0.329 e. The Kier molecular flexibility index (Phi) is 4.67. The number of aliphatic carboxylic acids is 1. The summed E-state index contributed by atoms with van der Waals surface area (Å²) in [5.74, 6) is -1.97. The van der Waals surface area contributed by atoms with Crippen LogP contribution in [0.1, 0.15) is 30.6 Å². The van der Waals surface area contributed by atoms with Gasteiger partial charge in [0.05, 0.1) is 15.5 Å². The van der Waals surface area contributed by atoms with Gasteiger partial charge in [0, 0.05) is 12.1 Å². The highest BCUT2D eigenvalue weighted by molar-refractivity contribution is 6.34. The van der Waals surface area contributed by atoms with Crippen LogP contribution in [0, 0.1) is 10.1 Å². The molecule has 0 aliphatic rings. The summed E-state index contributed by atoms with van der Waals surface area (Å²) in [6.07, 6.45) is 0.153. The van der Waals surface area contributed by atoms with Gasteiger partial charge in [-0.1, -0.05) is 18.5 Å². The zero-order chi connectivity index (χ0) is 15.5. The fraction of sp³-hybridized carbons (Fsp3) is 0.333. The number of nitro benzene ring substituents is 1. The number of carboxylic acid groups (broad SMARTS) is 1. The molecule has 8 heteroatoms. The molecule has 0 saturated carbocycles. The average molecular weight is 301 g/mol. The number of nitro groups is 1. The maximum atomic E-state index is 12.0. The number of carbonyl (C=O) groups is 2. The fourth-order valence-electron chi connectivity index (χ4n) is 1.41. The van der Waals surface area contributed by atoms with Crippen LogP contribution in [0.3, 0.4) is 0 Å². The van der Waals surface area contributed by atoms with Crippen molar-refractivity contribution in [2.24, 2.45) is 0 Å². The second kappa shape index (κ2) is 5.87. The minimum atomic E-state index is -1.47. The van der Waals surface area contributed by atoms with E-state index in [4.69, 9.17) is 16.7 Å². The number of hydrogen-bond acceptors (Lipinski definition) is 4. The zero-order valence-corrected chi connectivity index (χ0v) is 11.6. The first-order chi connectivity index (χ1) is 9.21. The molecule has 1 atom stereocenters. The van der Waals surface area contributed by atoms with Gasteiger partial charge in [0.2, 0.25) is 0 Å². The smallest absolute Gasteiger partial charge is 0.329 e. The van der Waals surface area contributed by atoms with E-state index < -0.39 is 22.3 Å². The molecule has 20 heavy (non-hydrogen) atoms. The van der Waals surface area contributed by atoms with Crippen molar-refractivity contribution in [2.45, 2.75) is 25.8 Å². The number of carboxylic acids is 1. The summed E-state index contributed by atoms with van der Waals surface area (Å²) in [7, 11) is 0. The van der Waals surface area contributed by atoms with Crippen LogP contribution in [0.15, 0.2) is 18.2 Å². The van der Waals surface area contributed by atoms with Crippen LogP contribution in [0.2, 0.25) is 5.02 Å². The largest absolute Gasteiger partial charge is 0.480 e. The quantitative estimate of drug-likeness (QED) is 0.640. The van der Waals surface area contributed by atoms with Crippen molar-refractivity contribution >= 4 is 29.2 Å². The van der Waals surface area contributed by atoms with Crippen molar-refractivity contribution < 1.29 is 19.6 Å². The molecule has 1 aromatic rings. The summed E-state index contributed by atoms with van der Waals surface area (Å²) in [4.78, 5) is 33.2. The maximum absolute atomic E-state index is 12.0. The number of nitrogens with one attached hydrogen (secondary N) is 1. The molecule has 108 valence electrons. The normalized spacial score (nSPS) is 13.3. The van der Waals surface area contributed by atoms with E-state index in [2.05, 4.69) is 5.32 Å². The van der Waals surface area contributed by atoms with Gasteiger partial charge in [0.1, 0.15) is 5.54 Å². The van der Waals surface area contributed by atoms with E-state index in [1.165, 1.54) is 13.0 Å². The molecule has 0 bridgehead atoms. The van der Waals surface area contributed by atoms with Crippen molar-refractivity contribution in [1.29, 1.82) is 0 Å². The van der Waals surface area contributed by atoms with Crippen molar-refractivity contribution in [3.8, 4) is 0 Å². The Labute approximate surface area is 119 Å². The topological polar surface area (TPSA) is 110 Å². The highest BCUT2D eigenvalue weighted by atomic mass is 35.5. The van der Waals surface area contributed by atoms with Crippen LogP contribution >= 0.6 is 11.6 Å². The highest BCUT2D eigenvalue weighted by Crippen LogP contribution is 2.23. The monoisotopic (exact) mass is 300 g/mol. The number of hydrogen-bond donors (Lipinski definition) is 2. The van der Waals surface area contributed by atoms with Crippen LogP contribution in [-0.4, -0.2) is 27.4 Å². The number of nitrogens with zero attached hydrogens (tertiary/aromatic N) is 1. The van der Waals surface area contributed by atoms with Crippen molar-refractivity contribution in [3.63, 3.8) is 0 Å². The summed E-state index contributed by atoms with van der Waals surface area (Å²) in [6.45, 7) is 2.95. The molecule has 0 fully saturated rings. The molecule has 0 aromatic heterocycles. The molecule has 0 radical (unpaired) electrons. The second-order valence-electron chi connectivity index (χ2n) is 4.37. The van der Waals surface area contributed by atoms with Gasteiger partial charge in [0.25, 0.3) is 11.6 Å². The van der Waals surface area contributed by atoms with Crippen molar-refractivity contribution in [3.05, 3.63) is 38.9 Å². The second-order valence-corrected chi connectivity index (χ2v) is 4.77. The molecule has 0 heterocycles. The Bertz CT molecular complexity index is 575. The third kappa shape index (κ3) is 3.24. The van der Waals surface area contributed by atoms with E-state index in [1.54, 1.807) is 6.92 Å². The number of rotatable bonds is 5. The summed E-state index contributed by atoms with van der Waals surface area (Å²) in [6, 6.07) is 3.39. The third-order valence-electron chi connectivity index (χ3n) is 2.97. The van der Waals surface area contributed by atoms with Gasteiger partial charge in [-0.15, -0.1) is 0 Å². The van der Waals surface area contributed by atoms with Crippen molar-refractivity contribution in [1.82, 2.24) is 5.32 Å². The van der Waals surface area contributed by atoms with Gasteiger partial charge >= 0.3 is 5.97 Å². The number of halogens is 1. The lowest BCUT2D eigenvalue weighted by atomic mass is 9.98. The Hall–Kier alpha value is -2.15. The predicted octanol–water partition coefficient (Wildman–Crippen LogP) is 2.23. The van der Waals surface area contributed by atoms with Crippen LogP contribution in [-0.2, 0) is 4.79 Å². The van der Waals surface area contributed by atoms with E-state index in [1.807, 2.05) is 0 Å². The Morgan fingerprint density at radius 2 is 2.10 bits per heavy atom. The van der Waals surface area contributed by atoms with Gasteiger partial charge in [-0.05, 0) is 19.4 Å². The Morgan fingerprint density at radius 3 is 2.55 bits per heavy atom.